The quantitative estimate of drug-likeness (QED) is 0.838. The molecule has 2 nitrogen and oxygen atoms in total. The molecule has 0 aliphatic heterocycles. The highest BCUT2D eigenvalue weighted by atomic mass is 79.9. The zero-order valence-corrected chi connectivity index (χ0v) is 11.0. The lowest BCUT2D eigenvalue weighted by Crippen LogP contribution is -2.26. The first-order valence-electron chi connectivity index (χ1n) is 5.65. The third kappa shape index (κ3) is 3.37. The zero-order valence-electron chi connectivity index (χ0n) is 9.37. The molecule has 0 aromatic heterocycles. The van der Waals surface area contributed by atoms with Gasteiger partial charge in [-0.2, -0.15) is 0 Å². The van der Waals surface area contributed by atoms with Crippen LogP contribution in [0.1, 0.15) is 12.0 Å². The number of aliphatic hydroxyl groups is 1. The molecule has 1 aliphatic rings. The van der Waals surface area contributed by atoms with Crippen LogP contribution in [0.5, 0.6) is 0 Å². The van der Waals surface area contributed by atoms with E-state index >= 15 is 0 Å². The molecule has 0 saturated carbocycles. The Balaban J connectivity index is 1.88. The van der Waals surface area contributed by atoms with Crippen LogP contribution in [0.25, 0.3) is 0 Å². The second-order valence-corrected chi connectivity index (χ2v) is 5.14. The molecule has 2 N–H and O–H groups in total. The Hall–Kier alpha value is -0.710. The van der Waals surface area contributed by atoms with Gasteiger partial charge in [0.25, 0.3) is 0 Å². The van der Waals surface area contributed by atoms with Gasteiger partial charge < -0.3 is 10.4 Å². The van der Waals surface area contributed by atoms with Crippen LogP contribution in [-0.2, 0) is 6.54 Å². The van der Waals surface area contributed by atoms with Crippen molar-refractivity contribution in [1.29, 1.82) is 0 Å². The molecule has 4 heteroatoms. The number of aliphatic hydroxyl groups excluding tert-OH is 1. The first kappa shape index (κ1) is 12.7. The van der Waals surface area contributed by atoms with E-state index in [1.165, 1.54) is 12.1 Å². The van der Waals surface area contributed by atoms with E-state index in [0.717, 1.165) is 16.5 Å². The van der Waals surface area contributed by atoms with Crippen molar-refractivity contribution >= 4 is 15.9 Å². The molecule has 1 aromatic carbocycles. The molecule has 2 atom stereocenters. The largest absolute Gasteiger partial charge is 0.396 e. The summed E-state index contributed by atoms with van der Waals surface area (Å²) in [6, 6.07) is 5.00. The minimum atomic E-state index is -0.235. The highest BCUT2D eigenvalue weighted by Crippen LogP contribution is 2.20. The predicted molar refractivity (Wildman–Crippen MR) is 69.1 cm³/mol. The molecule has 0 heterocycles. The van der Waals surface area contributed by atoms with E-state index in [0.29, 0.717) is 12.6 Å². The molecule has 0 unspecified atom stereocenters. The van der Waals surface area contributed by atoms with Gasteiger partial charge in [0.05, 0.1) is 0 Å². The van der Waals surface area contributed by atoms with E-state index in [-0.39, 0.29) is 18.3 Å². The van der Waals surface area contributed by atoms with E-state index in [1.807, 2.05) is 6.08 Å². The van der Waals surface area contributed by atoms with Gasteiger partial charge in [0, 0.05) is 29.6 Å². The normalized spacial score (nSPS) is 23.2. The minimum absolute atomic E-state index is 0.203. The fourth-order valence-corrected chi connectivity index (χ4v) is 2.46. The third-order valence-electron chi connectivity index (χ3n) is 2.98. The van der Waals surface area contributed by atoms with Crippen LogP contribution < -0.4 is 5.32 Å². The maximum absolute atomic E-state index is 12.9. The fraction of sp³-hybridized carbons (Fsp3) is 0.385. The molecule has 0 fully saturated rings. The maximum Gasteiger partial charge on any atom is 0.124 e. The summed E-state index contributed by atoms with van der Waals surface area (Å²) in [6.07, 6.45) is 5.05. The highest BCUT2D eigenvalue weighted by Gasteiger charge is 2.17. The van der Waals surface area contributed by atoms with E-state index in [9.17, 15) is 4.39 Å². The van der Waals surface area contributed by atoms with Crippen molar-refractivity contribution < 1.29 is 9.50 Å². The van der Waals surface area contributed by atoms with Gasteiger partial charge in [-0.15, -0.1) is 0 Å². The first-order chi connectivity index (χ1) is 8.19. The van der Waals surface area contributed by atoms with Crippen molar-refractivity contribution in [3.8, 4) is 0 Å². The summed E-state index contributed by atoms with van der Waals surface area (Å²) in [5.74, 6) is 0.0332. The Morgan fingerprint density at radius 3 is 2.88 bits per heavy atom. The minimum Gasteiger partial charge on any atom is -0.396 e. The second-order valence-electron chi connectivity index (χ2n) is 4.29. The molecule has 0 bridgehead atoms. The lowest BCUT2D eigenvalue weighted by Gasteiger charge is -2.13. The average Bonchev–Trinajstić information content (AvgIpc) is 2.76. The Bertz CT molecular complexity index is 422. The molecular weight excluding hydrogens is 285 g/mol. The smallest absolute Gasteiger partial charge is 0.124 e. The predicted octanol–water partition coefficient (Wildman–Crippen LogP) is 2.61. The molecule has 2 rings (SSSR count). The van der Waals surface area contributed by atoms with Crippen LogP contribution in [0.15, 0.2) is 34.8 Å². The number of halogens is 2. The molecule has 1 aromatic rings. The van der Waals surface area contributed by atoms with Gasteiger partial charge in [-0.05, 0) is 24.1 Å². The van der Waals surface area contributed by atoms with Crippen LogP contribution in [0.3, 0.4) is 0 Å². The van der Waals surface area contributed by atoms with Gasteiger partial charge in [-0.3, -0.25) is 0 Å². The van der Waals surface area contributed by atoms with E-state index < -0.39 is 0 Å². The average molecular weight is 300 g/mol. The molecule has 92 valence electrons. The lowest BCUT2D eigenvalue weighted by molar-refractivity contribution is 0.246. The van der Waals surface area contributed by atoms with Gasteiger partial charge in [-0.25, -0.2) is 4.39 Å². The Morgan fingerprint density at radius 1 is 1.41 bits per heavy atom. The monoisotopic (exact) mass is 299 g/mol. The third-order valence-corrected chi connectivity index (χ3v) is 3.71. The first-order valence-corrected chi connectivity index (χ1v) is 6.45. The summed E-state index contributed by atoms with van der Waals surface area (Å²) in [5.41, 5.74) is 1.03. The van der Waals surface area contributed by atoms with Crippen LogP contribution >= 0.6 is 15.9 Å². The van der Waals surface area contributed by atoms with Crippen molar-refractivity contribution in [2.24, 2.45) is 5.92 Å². The summed E-state index contributed by atoms with van der Waals surface area (Å²) in [5, 5.41) is 12.4. The van der Waals surface area contributed by atoms with Crippen molar-refractivity contribution in [2.45, 2.75) is 19.0 Å². The van der Waals surface area contributed by atoms with Crippen molar-refractivity contribution in [3.05, 3.63) is 46.2 Å². The number of benzene rings is 1. The van der Waals surface area contributed by atoms with Crippen LogP contribution in [-0.4, -0.2) is 17.8 Å². The highest BCUT2D eigenvalue weighted by molar-refractivity contribution is 9.10. The van der Waals surface area contributed by atoms with Gasteiger partial charge in [0.1, 0.15) is 5.82 Å². The Labute approximate surface area is 109 Å². The standard InChI is InChI=1S/C13H15BrFNO/c14-13-6-11(15)3-2-10(13)7-16-12-4-1-9(5-12)8-17/h1-4,6,9,12,16-17H,5,7-8H2/t9-,12+/m0/s1. The summed E-state index contributed by atoms with van der Waals surface area (Å²) in [7, 11) is 0. The molecule has 0 spiro atoms. The molecular formula is C13H15BrFNO. The van der Waals surface area contributed by atoms with Gasteiger partial charge in [0.15, 0.2) is 0 Å². The molecule has 0 radical (unpaired) electrons. The maximum atomic E-state index is 12.9. The molecule has 1 aliphatic carbocycles. The van der Waals surface area contributed by atoms with E-state index in [1.54, 1.807) is 6.07 Å². The topological polar surface area (TPSA) is 32.3 Å². The number of nitrogens with one attached hydrogen (secondary N) is 1. The van der Waals surface area contributed by atoms with E-state index in [2.05, 4.69) is 27.3 Å². The van der Waals surface area contributed by atoms with Gasteiger partial charge in [0.2, 0.25) is 0 Å². The van der Waals surface area contributed by atoms with Gasteiger partial charge in [-0.1, -0.05) is 34.1 Å². The van der Waals surface area contributed by atoms with Crippen LogP contribution in [0.4, 0.5) is 4.39 Å². The van der Waals surface area contributed by atoms with Crippen LogP contribution in [0.2, 0.25) is 0 Å². The Morgan fingerprint density at radius 2 is 2.24 bits per heavy atom. The molecule has 0 saturated heterocycles. The van der Waals surface area contributed by atoms with E-state index in [4.69, 9.17) is 5.11 Å². The SMILES string of the molecule is OC[C@H]1C=C[C@@H](NCc2ccc(F)cc2Br)C1. The summed E-state index contributed by atoms with van der Waals surface area (Å²) >= 11 is 3.34. The van der Waals surface area contributed by atoms with Gasteiger partial charge >= 0.3 is 0 Å². The zero-order chi connectivity index (χ0) is 12.3. The van der Waals surface area contributed by atoms with Crippen LogP contribution in [0, 0.1) is 11.7 Å². The van der Waals surface area contributed by atoms with Crippen molar-refractivity contribution in [3.63, 3.8) is 0 Å². The summed E-state index contributed by atoms with van der Waals surface area (Å²) in [6.45, 7) is 0.892. The fourth-order valence-electron chi connectivity index (χ4n) is 1.97. The number of hydrogen-bond acceptors (Lipinski definition) is 2. The summed E-state index contributed by atoms with van der Waals surface area (Å²) in [4.78, 5) is 0. The Kier molecular flexibility index (Phi) is 4.31. The number of rotatable bonds is 4. The molecule has 0 amide bonds. The molecule has 17 heavy (non-hydrogen) atoms. The second kappa shape index (κ2) is 5.76. The lowest BCUT2D eigenvalue weighted by atomic mass is 10.1. The van der Waals surface area contributed by atoms with Crippen molar-refractivity contribution in [1.82, 2.24) is 5.32 Å². The van der Waals surface area contributed by atoms with Crippen molar-refractivity contribution in [2.75, 3.05) is 6.61 Å². The summed E-state index contributed by atoms with van der Waals surface area (Å²) < 4.78 is 13.7. The number of hydrogen-bond donors (Lipinski definition) is 2.